The number of ether oxygens (including phenoxy) is 1. The van der Waals surface area contributed by atoms with Crippen LogP contribution in [0.1, 0.15) is 29.0 Å². The van der Waals surface area contributed by atoms with Crippen molar-refractivity contribution in [1.82, 2.24) is 10.1 Å². The van der Waals surface area contributed by atoms with Crippen LogP contribution in [0, 0.1) is 6.92 Å². The van der Waals surface area contributed by atoms with E-state index in [0.29, 0.717) is 23.0 Å². The Hall–Kier alpha value is -1.69. The van der Waals surface area contributed by atoms with E-state index in [1.807, 2.05) is 0 Å². The number of halogens is 1. The van der Waals surface area contributed by atoms with Crippen molar-refractivity contribution in [2.45, 2.75) is 20.5 Å². The molecule has 0 atom stereocenters. The highest BCUT2D eigenvalue weighted by Crippen LogP contribution is 2.24. The third-order valence-electron chi connectivity index (χ3n) is 2.25. The topological polar surface area (TPSA) is 65.2 Å². The molecule has 0 radical (unpaired) electrons. The summed E-state index contributed by atoms with van der Waals surface area (Å²) in [5, 5.41) is 3.72. The molecule has 0 unspecified atom stereocenters. The summed E-state index contributed by atoms with van der Waals surface area (Å²) in [6.45, 7) is 3.36. The van der Waals surface area contributed by atoms with Crippen LogP contribution < -0.4 is 4.74 Å². The van der Waals surface area contributed by atoms with Gasteiger partial charge in [0.15, 0.2) is 12.4 Å². The third kappa shape index (κ3) is 2.95. The highest BCUT2D eigenvalue weighted by atomic mass is 79.9. The van der Waals surface area contributed by atoms with Gasteiger partial charge in [0, 0.05) is 11.4 Å². The molecule has 94 valence electrons. The first-order chi connectivity index (χ1) is 8.56. The second kappa shape index (κ2) is 5.30. The number of rotatable bonds is 4. The molecule has 6 heteroatoms. The summed E-state index contributed by atoms with van der Waals surface area (Å²) in [6, 6.07) is 5.25. The third-order valence-corrected chi connectivity index (χ3v) is 2.74. The number of benzene rings is 1. The van der Waals surface area contributed by atoms with Crippen molar-refractivity contribution in [3.05, 3.63) is 40.0 Å². The molecule has 0 N–H and O–H groups in total. The molecule has 0 aliphatic carbocycles. The fraction of sp³-hybridized carbons (Fsp3) is 0.250. The molecular formula is C12H11BrN2O3. The number of carbonyl (C=O) groups excluding carboxylic acids is 1. The Labute approximate surface area is 112 Å². The monoisotopic (exact) mass is 310 g/mol. The van der Waals surface area contributed by atoms with Gasteiger partial charge in [0.05, 0.1) is 5.56 Å². The van der Waals surface area contributed by atoms with Gasteiger partial charge in [-0.25, -0.2) is 0 Å². The zero-order valence-corrected chi connectivity index (χ0v) is 11.5. The maximum absolute atomic E-state index is 11.4. The maximum Gasteiger partial charge on any atom is 0.223 e. The van der Waals surface area contributed by atoms with Crippen molar-refractivity contribution in [2.24, 2.45) is 0 Å². The van der Waals surface area contributed by atoms with Crippen LogP contribution in [0.25, 0.3) is 0 Å². The van der Waals surface area contributed by atoms with E-state index in [4.69, 9.17) is 9.26 Å². The zero-order chi connectivity index (χ0) is 13.1. The predicted molar refractivity (Wildman–Crippen MR) is 67.5 cm³/mol. The van der Waals surface area contributed by atoms with E-state index < -0.39 is 0 Å². The summed E-state index contributed by atoms with van der Waals surface area (Å²) in [5.74, 6) is 1.37. The first kappa shape index (κ1) is 12.8. The Balaban J connectivity index is 2.17. The second-order valence-electron chi connectivity index (χ2n) is 3.71. The molecule has 1 heterocycles. The molecule has 0 bridgehead atoms. The summed E-state index contributed by atoms with van der Waals surface area (Å²) in [4.78, 5) is 15.5. The number of aromatic nitrogens is 2. The lowest BCUT2D eigenvalue weighted by Gasteiger charge is -2.08. The summed E-state index contributed by atoms with van der Waals surface area (Å²) in [6.07, 6.45) is 0. The van der Waals surface area contributed by atoms with Crippen molar-refractivity contribution < 1.29 is 14.1 Å². The number of nitrogens with zero attached hydrogens (tertiary/aromatic N) is 2. The predicted octanol–water partition coefficient (Wildman–Crippen LogP) is 2.92. The average Bonchev–Trinajstić information content (AvgIpc) is 2.72. The highest BCUT2D eigenvalue weighted by Gasteiger charge is 2.10. The second-order valence-corrected chi connectivity index (χ2v) is 4.63. The van der Waals surface area contributed by atoms with E-state index >= 15 is 0 Å². The van der Waals surface area contributed by atoms with Crippen LogP contribution in [0.3, 0.4) is 0 Å². The standard InChI is InChI=1S/C12H11BrN2O3/c1-7(16)10-4-3-9(13)5-11(10)17-6-12-14-8(2)18-15-12/h3-5H,6H2,1-2H3. The van der Waals surface area contributed by atoms with Crippen LogP contribution in [-0.4, -0.2) is 15.9 Å². The molecule has 0 fully saturated rings. The first-order valence-corrected chi connectivity index (χ1v) is 6.08. The molecule has 5 nitrogen and oxygen atoms in total. The maximum atomic E-state index is 11.4. The van der Waals surface area contributed by atoms with Gasteiger partial charge in [-0.3, -0.25) is 4.79 Å². The van der Waals surface area contributed by atoms with Gasteiger partial charge < -0.3 is 9.26 Å². The minimum Gasteiger partial charge on any atom is -0.485 e. The number of ketones is 1. The van der Waals surface area contributed by atoms with E-state index in [9.17, 15) is 4.79 Å². The van der Waals surface area contributed by atoms with Crippen molar-refractivity contribution in [3.63, 3.8) is 0 Å². The fourth-order valence-corrected chi connectivity index (χ4v) is 1.79. The molecule has 0 spiro atoms. The number of aryl methyl sites for hydroxylation is 1. The highest BCUT2D eigenvalue weighted by molar-refractivity contribution is 9.10. The normalized spacial score (nSPS) is 10.4. The molecule has 1 aromatic heterocycles. The van der Waals surface area contributed by atoms with Gasteiger partial charge in [-0.2, -0.15) is 4.98 Å². The Morgan fingerprint density at radius 1 is 1.50 bits per heavy atom. The van der Waals surface area contributed by atoms with E-state index in [-0.39, 0.29) is 12.4 Å². The molecule has 0 saturated carbocycles. The minimum atomic E-state index is -0.0539. The number of carbonyl (C=O) groups is 1. The molecule has 18 heavy (non-hydrogen) atoms. The summed E-state index contributed by atoms with van der Waals surface area (Å²) in [5.41, 5.74) is 0.526. The Bertz CT molecular complexity index is 580. The van der Waals surface area contributed by atoms with Crippen LogP contribution in [0.4, 0.5) is 0 Å². The van der Waals surface area contributed by atoms with Gasteiger partial charge in [-0.05, 0) is 25.1 Å². The lowest BCUT2D eigenvalue weighted by molar-refractivity contribution is 0.101. The molecule has 0 saturated heterocycles. The summed E-state index contributed by atoms with van der Waals surface area (Å²) < 4.78 is 11.2. The Morgan fingerprint density at radius 3 is 2.89 bits per heavy atom. The fourth-order valence-electron chi connectivity index (χ4n) is 1.45. The van der Waals surface area contributed by atoms with Crippen molar-refractivity contribution in [1.29, 1.82) is 0 Å². The van der Waals surface area contributed by atoms with E-state index in [2.05, 4.69) is 26.1 Å². The van der Waals surface area contributed by atoms with Crippen LogP contribution in [0.5, 0.6) is 5.75 Å². The van der Waals surface area contributed by atoms with Crippen molar-refractivity contribution in [2.75, 3.05) is 0 Å². The molecule has 0 aliphatic heterocycles. The van der Waals surface area contributed by atoms with Gasteiger partial charge in [0.25, 0.3) is 0 Å². The van der Waals surface area contributed by atoms with Crippen LogP contribution in [0.2, 0.25) is 0 Å². The van der Waals surface area contributed by atoms with Gasteiger partial charge >= 0.3 is 0 Å². The van der Waals surface area contributed by atoms with E-state index in [1.165, 1.54) is 6.92 Å². The number of Topliss-reactive ketones (excluding diaryl/α,β-unsaturated/α-hetero) is 1. The van der Waals surface area contributed by atoms with Gasteiger partial charge in [0.1, 0.15) is 5.75 Å². The minimum absolute atomic E-state index is 0.0539. The number of hydrogen-bond donors (Lipinski definition) is 0. The van der Waals surface area contributed by atoms with Crippen LogP contribution >= 0.6 is 15.9 Å². The van der Waals surface area contributed by atoms with Crippen LogP contribution in [0.15, 0.2) is 27.2 Å². The Morgan fingerprint density at radius 2 is 2.28 bits per heavy atom. The largest absolute Gasteiger partial charge is 0.485 e. The SMILES string of the molecule is CC(=O)c1ccc(Br)cc1OCc1noc(C)n1. The lowest BCUT2D eigenvalue weighted by Crippen LogP contribution is -2.02. The van der Waals surface area contributed by atoms with Crippen molar-refractivity contribution >= 4 is 21.7 Å². The average molecular weight is 311 g/mol. The van der Waals surface area contributed by atoms with E-state index in [1.54, 1.807) is 25.1 Å². The molecule has 1 aromatic carbocycles. The van der Waals surface area contributed by atoms with Crippen molar-refractivity contribution in [3.8, 4) is 5.75 Å². The number of hydrogen-bond acceptors (Lipinski definition) is 5. The zero-order valence-electron chi connectivity index (χ0n) is 9.94. The van der Waals surface area contributed by atoms with E-state index in [0.717, 1.165) is 4.47 Å². The molecule has 2 rings (SSSR count). The lowest BCUT2D eigenvalue weighted by atomic mass is 10.1. The quantitative estimate of drug-likeness (QED) is 0.812. The summed E-state index contributed by atoms with van der Waals surface area (Å²) >= 11 is 3.33. The van der Waals surface area contributed by atoms with Gasteiger partial charge in [-0.1, -0.05) is 21.1 Å². The smallest absolute Gasteiger partial charge is 0.223 e. The Kier molecular flexibility index (Phi) is 3.76. The molecular weight excluding hydrogens is 300 g/mol. The summed E-state index contributed by atoms with van der Waals surface area (Å²) in [7, 11) is 0. The first-order valence-electron chi connectivity index (χ1n) is 5.29. The molecule has 2 aromatic rings. The molecule has 0 aliphatic rings. The van der Waals surface area contributed by atoms with Crippen LogP contribution in [-0.2, 0) is 6.61 Å². The van der Waals surface area contributed by atoms with Gasteiger partial charge in [-0.15, -0.1) is 0 Å². The molecule has 0 amide bonds. The van der Waals surface area contributed by atoms with Gasteiger partial charge in [0.2, 0.25) is 11.7 Å².